The van der Waals surface area contributed by atoms with E-state index in [0.717, 1.165) is 56.2 Å². The lowest BCUT2D eigenvalue weighted by Gasteiger charge is -2.26. The zero-order valence-corrected chi connectivity index (χ0v) is 20.9. The first kappa shape index (κ1) is 24.9. The SMILES string of the molecule is CCn1c(C)c(CCC(=O)NCCCN2CCOCC2)c(=O)n2nc(-c3ccccc3OC)cc12. The van der Waals surface area contributed by atoms with Gasteiger partial charge in [-0.15, -0.1) is 0 Å². The lowest BCUT2D eigenvalue weighted by molar-refractivity contribution is -0.121. The number of benzene rings is 1. The number of hydrogen-bond donors (Lipinski definition) is 1. The van der Waals surface area contributed by atoms with E-state index in [1.807, 2.05) is 44.2 Å². The Balaban J connectivity index is 1.46. The summed E-state index contributed by atoms with van der Waals surface area (Å²) in [6, 6.07) is 9.55. The number of aryl methyl sites for hydroxylation is 1. The minimum Gasteiger partial charge on any atom is -0.496 e. The summed E-state index contributed by atoms with van der Waals surface area (Å²) in [5.41, 5.74) is 3.55. The summed E-state index contributed by atoms with van der Waals surface area (Å²) in [6.45, 7) is 9.71. The van der Waals surface area contributed by atoms with Crippen LogP contribution < -0.4 is 15.6 Å². The number of carbonyl (C=O) groups is 1. The highest BCUT2D eigenvalue weighted by Gasteiger charge is 2.19. The van der Waals surface area contributed by atoms with Crippen molar-refractivity contribution in [1.82, 2.24) is 24.4 Å². The van der Waals surface area contributed by atoms with Crippen LogP contribution in [0.25, 0.3) is 16.9 Å². The molecule has 0 saturated carbocycles. The number of ether oxygens (including phenoxy) is 2. The van der Waals surface area contributed by atoms with Crippen LogP contribution in [-0.4, -0.2) is 71.5 Å². The first-order valence-electron chi connectivity index (χ1n) is 12.4. The van der Waals surface area contributed by atoms with E-state index in [2.05, 4.69) is 19.9 Å². The maximum Gasteiger partial charge on any atom is 0.277 e. The first-order valence-corrected chi connectivity index (χ1v) is 12.4. The summed E-state index contributed by atoms with van der Waals surface area (Å²) in [5, 5.41) is 7.62. The highest BCUT2D eigenvalue weighted by Crippen LogP contribution is 2.29. The highest BCUT2D eigenvalue weighted by atomic mass is 16.5. The van der Waals surface area contributed by atoms with Crippen LogP contribution in [0, 0.1) is 6.92 Å². The molecular weight excluding hydrogens is 446 g/mol. The van der Waals surface area contributed by atoms with E-state index in [-0.39, 0.29) is 17.9 Å². The summed E-state index contributed by atoms with van der Waals surface area (Å²) < 4.78 is 14.4. The number of nitrogens with zero attached hydrogens (tertiary/aromatic N) is 4. The Labute approximate surface area is 205 Å². The van der Waals surface area contributed by atoms with Crippen molar-refractivity contribution in [1.29, 1.82) is 0 Å². The number of methoxy groups -OCH3 is 1. The molecule has 3 heterocycles. The summed E-state index contributed by atoms with van der Waals surface area (Å²) >= 11 is 0. The van der Waals surface area contributed by atoms with Gasteiger partial charge in [0.25, 0.3) is 5.56 Å². The van der Waals surface area contributed by atoms with Crippen molar-refractivity contribution in [3.8, 4) is 17.0 Å². The molecule has 0 atom stereocenters. The van der Waals surface area contributed by atoms with Gasteiger partial charge in [-0.1, -0.05) is 12.1 Å². The second-order valence-electron chi connectivity index (χ2n) is 8.77. The highest BCUT2D eigenvalue weighted by molar-refractivity contribution is 5.76. The van der Waals surface area contributed by atoms with Gasteiger partial charge in [-0.25, -0.2) is 0 Å². The topological polar surface area (TPSA) is 90.1 Å². The van der Waals surface area contributed by atoms with Crippen LogP contribution in [0.4, 0.5) is 0 Å². The first-order chi connectivity index (χ1) is 17.0. The van der Waals surface area contributed by atoms with Gasteiger partial charge in [-0.3, -0.25) is 14.5 Å². The molecule has 0 radical (unpaired) electrons. The minimum atomic E-state index is -0.177. The van der Waals surface area contributed by atoms with Crippen molar-refractivity contribution < 1.29 is 14.3 Å². The van der Waals surface area contributed by atoms with E-state index in [4.69, 9.17) is 9.47 Å². The van der Waals surface area contributed by atoms with Crippen LogP contribution in [0.3, 0.4) is 0 Å². The lowest BCUT2D eigenvalue weighted by atomic mass is 10.1. The number of carbonyl (C=O) groups excluding carboxylic acids is 1. The predicted octanol–water partition coefficient (Wildman–Crippen LogP) is 2.27. The minimum absolute atomic E-state index is 0.0379. The third-order valence-electron chi connectivity index (χ3n) is 6.64. The molecule has 1 aliphatic rings. The van der Waals surface area contributed by atoms with E-state index >= 15 is 0 Å². The van der Waals surface area contributed by atoms with Crippen LogP contribution in [0.15, 0.2) is 35.1 Å². The van der Waals surface area contributed by atoms with Gasteiger partial charge >= 0.3 is 0 Å². The normalized spacial score (nSPS) is 14.4. The van der Waals surface area contributed by atoms with Crippen molar-refractivity contribution >= 4 is 11.6 Å². The number of hydrogen-bond acceptors (Lipinski definition) is 6. The van der Waals surface area contributed by atoms with Crippen molar-refractivity contribution in [3.05, 3.63) is 51.9 Å². The Kier molecular flexibility index (Phi) is 8.20. The molecular formula is C26H35N5O4. The average Bonchev–Trinajstić information content (AvgIpc) is 3.32. The summed E-state index contributed by atoms with van der Waals surface area (Å²) in [7, 11) is 1.62. The number of morpholine rings is 1. The fourth-order valence-electron chi connectivity index (χ4n) is 4.69. The zero-order valence-electron chi connectivity index (χ0n) is 20.9. The van der Waals surface area contributed by atoms with Gasteiger partial charge in [-0.2, -0.15) is 9.61 Å². The maximum absolute atomic E-state index is 13.4. The van der Waals surface area contributed by atoms with Crippen molar-refractivity contribution in [2.45, 2.75) is 39.7 Å². The predicted molar refractivity (Wildman–Crippen MR) is 135 cm³/mol. The van der Waals surface area contributed by atoms with Crippen molar-refractivity contribution in [3.63, 3.8) is 0 Å². The number of rotatable bonds is 10. The van der Waals surface area contributed by atoms with Gasteiger partial charge in [-0.05, 0) is 45.4 Å². The molecule has 0 bridgehead atoms. The van der Waals surface area contributed by atoms with E-state index in [9.17, 15) is 9.59 Å². The molecule has 35 heavy (non-hydrogen) atoms. The van der Waals surface area contributed by atoms with Crippen LogP contribution in [0.2, 0.25) is 0 Å². The second-order valence-corrected chi connectivity index (χ2v) is 8.77. The number of amides is 1. The molecule has 1 aliphatic heterocycles. The molecule has 1 aromatic carbocycles. The smallest absolute Gasteiger partial charge is 0.277 e. The lowest BCUT2D eigenvalue weighted by Crippen LogP contribution is -2.38. The second kappa shape index (κ2) is 11.5. The zero-order chi connectivity index (χ0) is 24.8. The fraction of sp³-hybridized carbons (Fsp3) is 0.500. The molecule has 188 valence electrons. The quantitative estimate of drug-likeness (QED) is 0.447. The maximum atomic E-state index is 13.4. The molecule has 2 aromatic heterocycles. The van der Waals surface area contributed by atoms with Crippen LogP contribution in [0.5, 0.6) is 5.75 Å². The molecule has 9 nitrogen and oxygen atoms in total. The molecule has 0 unspecified atom stereocenters. The van der Waals surface area contributed by atoms with E-state index < -0.39 is 0 Å². The monoisotopic (exact) mass is 481 g/mol. The Hall–Kier alpha value is -3.17. The van der Waals surface area contributed by atoms with Gasteiger partial charge in [0.1, 0.15) is 11.4 Å². The average molecular weight is 482 g/mol. The number of para-hydroxylation sites is 1. The molecule has 9 heteroatoms. The molecule has 3 aromatic rings. The molecule has 1 amide bonds. The van der Waals surface area contributed by atoms with E-state index in [1.165, 1.54) is 4.52 Å². The number of fused-ring (bicyclic) bond motifs is 1. The third-order valence-corrected chi connectivity index (χ3v) is 6.64. The van der Waals surface area contributed by atoms with Gasteiger partial charge in [0.15, 0.2) is 0 Å². The van der Waals surface area contributed by atoms with E-state index in [0.29, 0.717) is 36.5 Å². The molecule has 1 fully saturated rings. The largest absolute Gasteiger partial charge is 0.496 e. The number of aromatic nitrogens is 3. The Morgan fingerprint density at radius 2 is 2.00 bits per heavy atom. The Morgan fingerprint density at radius 3 is 2.74 bits per heavy atom. The summed E-state index contributed by atoms with van der Waals surface area (Å²) in [4.78, 5) is 28.2. The van der Waals surface area contributed by atoms with Gasteiger partial charge in [0.2, 0.25) is 5.91 Å². The molecule has 0 spiro atoms. The van der Waals surface area contributed by atoms with Gasteiger partial charge in [0.05, 0.1) is 26.0 Å². The Bertz CT molecular complexity index is 1230. The Morgan fingerprint density at radius 1 is 1.23 bits per heavy atom. The number of nitrogens with one attached hydrogen (secondary N) is 1. The fourth-order valence-corrected chi connectivity index (χ4v) is 4.69. The van der Waals surface area contributed by atoms with Gasteiger partial charge in [0, 0.05) is 55.5 Å². The molecule has 1 saturated heterocycles. The van der Waals surface area contributed by atoms with Crippen LogP contribution in [-0.2, 0) is 22.5 Å². The van der Waals surface area contributed by atoms with Crippen LogP contribution >= 0.6 is 0 Å². The summed E-state index contributed by atoms with van der Waals surface area (Å²) in [6.07, 6.45) is 1.54. The van der Waals surface area contributed by atoms with E-state index in [1.54, 1.807) is 7.11 Å². The van der Waals surface area contributed by atoms with Crippen molar-refractivity contribution in [2.24, 2.45) is 0 Å². The molecule has 1 N–H and O–H groups in total. The summed E-state index contributed by atoms with van der Waals surface area (Å²) in [5.74, 6) is 0.665. The standard InChI is InChI=1S/C26H35N5O4/c1-4-30-19(2)20(10-11-24(32)27-12-7-13-29-14-16-35-17-15-29)26(33)31-25(30)18-22(28-31)21-8-5-6-9-23(21)34-3/h5-6,8-9,18H,4,7,10-17H2,1-3H3,(H,27,32). The third kappa shape index (κ3) is 5.57. The van der Waals surface area contributed by atoms with Crippen LogP contribution in [0.1, 0.15) is 31.0 Å². The van der Waals surface area contributed by atoms with Crippen molar-refractivity contribution in [2.75, 3.05) is 46.5 Å². The molecule has 0 aliphatic carbocycles. The van der Waals surface area contributed by atoms with Gasteiger partial charge < -0.3 is 19.4 Å². The molecule has 4 rings (SSSR count).